The number of carbonyl (C=O) groups excluding carboxylic acids is 1. The van der Waals surface area contributed by atoms with Gasteiger partial charge in [-0.15, -0.1) is 0 Å². The predicted molar refractivity (Wildman–Crippen MR) is 64.0 cm³/mol. The molecule has 17 heavy (non-hydrogen) atoms. The normalized spacial score (nSPS) is 15.6. The summed E-state index contributed by atoms with van der Waals surface area (Å²) < 4.78 is 5.50. The summed E-state index contributed by atoms with van der Waals surface area (Å²) in [5, 5.41) is 9.10. The maximum absolute atomic E-state index is 11.6. The Kier molecular flexibility index (Phi) is 3.33. The molecule has 0 aliphatic carbocycles. The average molecular weight is 235 g/mol. The summed E-state index contributed by atoms with van der Waals surface area (Å²) in [6.07, 6.45) is -0.361. The quantitative estimate of drug-likeness (QED) is 0.846. The molecule has 1 fully saturated rings. The fourth-order valence-corrected chi connectivity index (χ4v) is 1.77. The van der Waals surface area contributed by atoms with Crippen molar-refractivity contribution in [3.63, 3.8) is 0 Å². The van der Waals surface area contributed by atoms with Crippen LogP contribution in [0.2, 0.25) is 0 Å². The first-order valence-corrected chi connectivity index (χ1v) is 5.73. The van der Waals surface area contributed by atoms with Crippen molar-refractivity contribution in [1.29, 1.82) is 0 Å². The second-order valence-electron chi connectivity index (χ2n) is 4.44. The Bertz CT molecular complexity index is 425. The molecule has 0 radical (unpaired) electrons. The summed E-state index contributed by atoms with van der Waals surface area (Å²) in [6.45, 7) is 4.87. The van der Waals surface area contributed by atoms with E-state index >= 15 is 0 Å². The molecular weight excluding hydrogens is 218 g/mol. The Labute approximate surface area is 101 Å². The van der Waals surface area contributed by atoms with E-state index in [-0.39, 0.29) is 18.6 Å². The molecule has 1 aromatic carbocycles. The van der Waals surface area contributed by atoms with E-state index in [1.807, 2.05) is 32.0 Å². The average Bonchev–Trinajstić information content (AvgIpc) is 2.26. The van der Waals surface area contributed by atoms with Crippen LogP contribution in [0.3, 0.4) is 0 Å². The molecule has 4 heteroatoms. The van der Waals surface area contributed by atoms with Crippen LogP contribution in [-0.2, 0) is 4.79 Å². The fourth-order valence-electron chi connectivity index (χ4n) is 1.77. The van der Waals surface area contributed by atoms with Gasteiger partial charge >= 0.3 is 0 Å². The molecule has 92 valence electrons. The van der Waals surface area contributed by atoms with Crippen molar-refractivity contribution in [3.05, 3.63) is 29.3 Å². The SMILES string of the molecule is Cc1cccc(OCC(=O)N2CC(O)C2)c1C. The van der Waals surface area contributed by atoms with Crippen molar-refractivity contribution in [1.82, 2.24) is 4.90 Å². The fraction of sp³-hybridized carbons (Fsp3) is 0.462. The van der Waals surface area contributed by atoms with Crippen LogP contribution in [0.4, 0.5) is 0 Å². The summed E-state index contributed by atoms with van der Waals surface area (Å²) in [5.74, 6) is 0.677. The Hall–Kier alpha value is -1.55. The van der Waals surface area contributed by atoms with E-state index in [0.29, 0.717) is 13.1 Å². The second kappa shape index (κ2) is 4.75. The topological polar surface area (TPSA) is 49.8 Å². The number of likely N-dealkylation sites (tertiary alicyclic amines) is 1. The Morgan fingerprint density at radius 2 is 2.18 bits per heavy atom. The predicted octanol–water partition coefficient (Wildman–Crippen LogP) is 0.885. The van der Waals surface area contributed by atoms with Crippen LogP contribution >= 0.6 is 0 Å². The lowest BCUT2D eigenvalue weighted by Crippen LogP contribution is -2.54. The van der Waals surface area contributed by atoms with Gasteiger partial charge in [0, 0.05) is 13.1 Å². The minimum atomic E-state index is -0.361. The van der Waals surface area contributed by atoms with Gasteiger partial charge < -0.3 is 14.7 Å². The van der Waals surface area contributed by atoms with Gasteiger partial charge in [0.2, 0.25) is 0 Å². The smallest absolute Gasteiger partial charge is 0.260 e. The van der Waals surface area contributed by atoms with Gasteiger partial charge in [-0.2, -0.15) is 0 Å². The number of nitrogens with zero attached hydrogens (tertiary/aromatic N) is 1. The highest BCUT2D eigenvalue weighted by Gasteiger charge is 2.28. The molecule has 0 unspecified atom stereocenters. The lowest BCUT2D eigenvalue weighted by molar-refractivity contribution is -0.143. The van der Waals surface area contributed by atoms with Crippen LogP contribution < -0.4 is 4.74 Å². The second-order valence-corrected chi connectivity index (χ2v) is 4.44. The summed E-state index contributed by atoms with van der Waals surface area (Å²) in [6, 6.07) is 5.78. The third kappa shape index (κ3) is 2.58. The molecule has 1 aromatic rings. The van der Waals surface area contributed by atoms with E-state index in [2.05, 4.69) is 0 Å². The first kappa shape index (κ1) is 11.9. The first-order chi connectivity index (χ1) is 8.08. The van der Waals surface area contributed by atoms with Gasteiger partial charge in [0.15, 0.2) is 6.61 Å². The molecule has 0 saturated carbocycles. The van der Waals surface area contributed by atoms with Crippen molar-refractivity contribution in [2.45, 2.75) is 20.0 Å². The number of amides is 1. The molecule has 1 N–H and O–H groups in total. The summed E-state index contributed by atoms with van der Waals surface area (Å²) in [4.78, 5) is 13.2. The molecule has 1 amide bonds. The Morgan fingerprint density at radius 1 is 1.47 bits per heavy atom. The van der Waals surface area contributed by atoms with Crippen LogP contribution in [0.15, 0.2) is 18.2 Å². The van der Waals surface area contributed by atoms with Gasteiger partial charge in [0.1, 0.15) is 5.75 Å². The van der Waals surface area contributed by atoms with Crippen molar-refractivity contribution >= 4 is 5.91 Å². The highest BCUT2D eigenvalue weighted by molar-refractivity contribution is 5.78. The lowest BCUT2D eigenvalue weighted by atomic mass is 10.1. The summed E-state index contributed by atoms with van der Waals surface area (Å²) in [7, 11) is 0. The number of ether oxygens (including phenoxy) is 1. The number of hydrogen-bond donors (Lipinski definition) is 1. The van der Waals surface area contributed by atoms with Crippen LogP contribution in [-0.4, -0.2) is 41.7 Å². The van der Waals surface area contributed by atoms with Crippen LogP contribution in [0.5, 0.6) is 5.75 Å². The number of rotatable bonds is 3. The maximum Gasteiger partial charge on any atom is 0.260 e. The third-order valence-electron chi connectivity index (χ3n) is 3.12. The number of carbonyl (C=O) groups is 1. The molecule has 0 aromatic heterocycles. The van der Waals surface area contributed by atoms with Crippen molar-refractivity contribution < 1.29 is 14.6 Å². The van der Waals surface area contributed by atoms with Gasteiger partial charge in [0.05, 0.1) is 6.10 Å². The van der Waals surface area contributed by atoms with Crippen LogP contribution in [0.25, 0.3) is 0 Å². The van der Waals surface area contributed by atoms with Gasteiger partial charge in [-0.05, 0) is 31.0 Å². The van der Waals surface area contributed by atoms with E-state index in [4.69, 9.17) is 9.84 Å². The molecule has 0 atom stereocenters. The van der Waals surface area contributed by atoms with Crippen molar-refractivity contribution in [3.8, 4) is 5.75 Å². The first-order valence-electron chi connectivity index (χ1n) is 5.73. The lowest BCUT2D eigenvalue weighted by Gasteiger charge is -2.35. The minimum Gasteiger partial charge on any atom is -0.483 e. The zero-order chi connectivity index (χ0) is 12.4. The van der Waals surface area contributed by atoms with Crippen LogP contribution in [0.1, 0.15) is 11.1 Å². The van der Waals surface area contributed by atoms with E-state index < -0.39 is 0 Å². The summed E-state index contributed by atoms with van der Waals surface area (Å²) in [5.41, 5.74) is 2.21. The van der Waals surface area contributed by atoms with E-state index in [1.54, 1.807) is 4.90 Å². The number of β-amino-alcohol motifs (C(OH)–C–C–N with tert-alkyl or cyclic N) is 1. The molecule has 1 aliphatic rings. The molecule has 1 heterocycles. The van der Waals surface area contributed by atoms with Crippen LogP contribution in [0, 0.1) is 13.8 Å². The molecule has 2 rings (SSSR count). The zero-order valence-electron chi connectivity index (χ0n) is 10.1. The maximum atomic E-state index is 11.6. The number of benzene rings is 1. The summed E-state index contributed by atoms with van der Waals surface area (Å²) >= 11 is 0. The zero-order valence-corrected chi connectivity index (χ0v) is 10.1. The minimum absolute atomic E-state index is 0.0387. The van der Waals surface area contributed by atoms with Gasteiger partial charge in [-0.25, -0.2) is 0 Å². The molecule has 0 bridgehead atoms. The number of hydrogen-bond acceptors (Lipinski definition) is 3. The van der Waals surface area contributed by atoms with Gasteiger partial charge in [-0.3, -0.25) is 4.79 Å². The molecule has 1 aliphatic heterocycles. The van der Waals surface area contributed by atoms with E-state index in [0.717, 1.165) is 16.9 Å². The largest absolute Gasteiger partial charge is 0.483 e. The van der Waals surface area contributed by atoms with E-state index in [9.17, 15) is 4.79 Å². The number of aliphatic hydroxyl groups is 1. The Morgan fingerprint density at radius 3 is 2.82 bits per heavy atom. The third-order valence-corrected chi connectivity index (χ3v) is 3.12. The number of aliphatic hydroxyl groups excluding tert-OH is 1. The highest BCUT2D eigenvalue weighted by atomic mass is 16.5. The highest BCUT2D eigenvalue weighted by Crippen LogP contribution is 2.20. The van der Waals surface area contributed by atoms with Gasteiger partial charge in [0.25, 0.3) is 5.91 Å². The molecular formula is C13H17NO3. The van der Waals surface area contributed by atoms with Gasteiger partial charge in [-0.1, -0.05) is 12.1 Å². The number of aryl methyl sites for hydroxylation is 1. The molecule has 0 spiro atoms. The van der Waals surface area contributed by atoms with Crippen molar-refractivity contribution in [2.75, 3.05) is 19.7 Å². The van der Waals surface area contributed by atoms with Crippen molar-refractivity contribution in [2.24, 2.45) is 0 Å². The Balaban J connectivity index is 1.89. The molecule has 4 nitrogen and oxygen atoms in total. The standard InChI is InChI=1S/C13H17NO3/c1-9-4-3-5-12(10(9)2)17-8-13(16)14-6-11(15)7-14/h3-5,11,15H,6-8H2,1-2H3. The monoisotopic (exact) mass is 235 g/mol. The van der Waals surface area contributed by atoms with E-state index in [1.165, 1.54) is 0 Å². The molecule has 1 saturated heterocycles.